The molecule has 10 aromatic carbocycles. The zero-order chi connectivity index (χ0) is 45.4. The van der Waals surface area contributed by atoms with Gasteiger partial charge in [0.15, 0.2) is 0 Å². The van der Waals surface area contributed by atoms with Gasteiger partial charge in [-0.15, -0.1) is 0 Å². The topological polar surface area (TPSA) is 15.3 Å². The van der Waals surface area contributed by atoms with Crippen LogP contribution in [0.4, 0.5) is 28.4 Å². The number of allylic oxidation sites excluding steroid dienone is 4. The summed E-state index contributed by atoms with van der Waals surface area (Å²) in [7, 11) is 0. The lowest BCUT2D eigenvalue weighted by Crippen LogP contribution is -2.28. The van der Waals surface area contributed by atoms with Gasteiger partial charge in [0, 0.05) is 34.4 Å². The maximum absolute atomic E-state index is 3.82. The molecule has 2 heteroatoms. The largest absolute Gasteiger partial charge is 0.355 e. The van der Waals surface area contributed by atoms with Crippen molar-refractivity contribution in [1.82, 2.24) is 0 Å². The zero-order valence-corrected chi connectivity index (χ0v) is 38.0. The quantitative estimate of drug-likeness (QED) is 0.147. The molecule has 0 spiro atoms. The van der Waals surface area contributed by atoms with Crippen molar-refractivity contribution in [3.8, 4) is 33.4 Å². The van der Waals surface area contributed by atoms with Crippen LogP contribution in [0, 0.1) is 5.92 Å². The summed E-state index contributed by atoms with van der Waals surface area (Å²) in [6.45, 7) is 2.31. The molecule has 2 nitrogen and oxygen atoms in total. The number of nitrogens with zero attached hydrogens (tertiary/aromatic N) is 1. The Morgan fingerprint density at radius 1 is 0.412 bits per heavy atom. The van der Waals surface area contributed by atoms with Crippen LogP contribution in [-0.4, -0.2) is 0 Å². The molecule has 2 aliphatic rings. The Hall–Kier alpha value is -8.46. The van der Waals surface area contributed by atoms with Crippen molar-refractivity contribution in [3.05, 3.63) is 295 Å². The Balaban J connectivity index is 0.925. The summed E-state index contributed by atoms with van der Waals surface area (Å²) < 4.78 is 0. The highest BCUT2D eigenvalue weighted by molar-refractivity contribution is 5.93. The fourth-order valence-electron chi connectivity index (χ4n) is 11.0. The summed E-state index contributed by atoms with van der Waals surface area (Å²) in [4.78, 5) is 2.41. The molecule has 0 aliphatic heterocycles. The third kappa shape index (κ3) is 7.14. The second kappa shape index (κ2) is 17.4. The van der Waals surface area contributed by atoms with Crippen molar-refractivity contribution >= 4 is 39.2 Å². The lowest BCUT2D eigenvalue weighted by Gasteiger charge is -2.35. The molecule has 0 heterocycles. The van der Waals surface area contributed by atoms with Gasteiger partial charge in [-0.1, -0.05) is 219 Å². The highest BCUT2D eigenvalue weighted by Crippen LogP contribution is 2.57. The highest BCUT2D eigenvalue weighted by Gasteiger charge is 2.46. The van der Waals surface area contributed by atoms with Crippen LogP contribution in [0.3, 0.4) is 0 Å². The van der Waals surface area contributed by atoms with Gasteiger partial charge >= 0.3 is 0 Å². The van der Waals surface area contributed by atoms with Crippen LogP contribution in [0.5, 0.6) is 0 Å². The van der Waals surface area contributed by atoms with Gasteiger partial charge in [-0.2, -0.15) is 0 Å². The molecule has 0 radical (unpaired) electrons. The van der Waals surface area contributed by atoms with E-state index in [-0.39, 0.29) is 5.92 Å². The van der Waals surface area contributed by atoms with Gasteiger partial charge in [-0.05, 0) is 132 Å². The predicted molar refractivity (Wildman–Crippen MR) is 287 cm³/mol. The minimum absolute atomic E-state index is 0.288. The molecule has 0 amide bonds. The van der Waals surface area contributed by atoms with Crippen molar-refractivity contribution in [3.63, 3.8) is 0 Å². The minimum atomic E-state index is -0.503. The lowest BCUT2D eigenvalue weighted by molar-refractivity contribution is 0.640. The molecule has 324 valence electrons. The van der Waals surface area contributed by atoms with E-state index in [1.807, 2.05) is 0 Å². The van der Waals surface area contributed by atoms with Crippen LogP contribution in [0.25, 0.3) is 44.2 Å². The summed E-state index contributed by atoms with van der Waals surface area (Å²) >= 11 is 0. The molecule has 0 saturated carbocycles. The molecule has 1 N–H and O–H groups in total. The summed E-state index contributed by atoms with van der Waals surface area (Å²) in [5, 5.41) is 6.38. The Bertz CT molecular complexity index is 3420. The minimum Gasteiger partial charge on any atom is -0.355 e. The molecular formula is C66H50N2. The summed E-state index contributed by atoms with van der Waals surface area (Å²) in [5.41, 5.74) is 18.7. The van der Waals surface area contributed by atoms with E-state index in [2.05, 4.69) is 284 Å². The van der Waals surface area contributed by atoms with E-state index in [1.165, 1.54) is 66.4 Å². The van der Waals surface area contributed by atoms with E-state index in [1.54, 1.807) is 0 Å². The van der Waals surface area contributed by atoms with Crippen LogP contribution >= 0.6 is 0 Å². The summed E-state index contributed by atoms with van der Waals surface area (Å²) in [5.74, 6) is 0.689. The van der Waals surface area contributed by atoms with Crippen LogP contribution < -0.4 is 10.2 Å². The number of rotatable bonds is 10. The second-order valence-corrected chi connectivity index (χ2v) is 18.2. The third-order valence-electron chi connectivity index (χ3n) is 14.3. The first-order valence-electron chi connectivity index (χ1n) is 23.8. The van der Waals surface area contributed by atoms with E-state index in [0.717, 1.165) is 34.0 Å². The third-order valence-corrected chi connectivity index (χ3v) is 14.3. The average molecular weight is 871 g/mol. The molecule has 12 rings (SSSR count). The first-order valence-corrected chi connectivity index (χ1v) is 23.8. The number of nitrogens with one attached hydrogen (secondary N) is 1. The molecule has 0 bridgehead atoms. The smallest absolute Gasteiger partial charge is 0.0714 e. The SMILES string of the molecule is CC1C=CC=CC1c1c(Nc2ccc(-c3ccc(N(c4ccc(-c5ccccc5)cc4)c4ccc5c(c4)C(c4ccccc4)(c4ccccc4)c4ccccc4-5)cc3)cc2)ccc2ccccc12. The van der Waals surface area contributed by atoms with Crippen molar-refractivity contribution in [2.45, 2.75) is 18.3 Å². The molecule has 68 heavy (non-hydrogen) atoms. The standard InChI is InChI=1S/C66H50N2/c1-46-17-11-13-25-58(46)65-59-26-14-12-20-51(59)35-44-64(65)67-54-36-29-48(30-37-54)50-33-40-56(41-34-50)68(55-38-31-49(32-39-55)47-18-5-2-6-19-47)57-42-43-61-60-27-15-16-28-62(60)66(63(61)45-57,52-21-7-3-8-22-52)53-23-9-4-10-24-53/h2-46,58,67H,1H3. The second-order valence-electron chi connectivity index (χ2n) is 18.2. The van der Waals surface area contributed by atoms with Crippen molar-refractivity contribution in [2.24, 2.45) is 5.92 Å². The van der Waals surface area contributed by atoms with Gasteiger partial charge < -0.3 is 10.2 Å². The van der Waals surface area contributed by atoms with Crippen molar-refractivity contribution < 1.29 is 0 Å². The average Bonchev–Trinajstić information content (AvgIpc) is 3.71. The fourth-order valence-corrected chi connectivity index (χ4v) is 11.0. The monoisotopic (exact) mass is 870 g/mol. The Labute approximate surface area is 399 Å². The van der Waals surface area contributed by atoms with E-state index in [9.17, 15) is 0 Å². The Morgan fingerprint density at radius 2 is 0.926 bits per heavy atom. The van der Waals surface area contributed by atoms with Gasteiger partial charge in [-0.25, -0.2) is 0 Å². The van der Waals surface area contributed by atoms with Crippen LogP contribution in [-0.2, 0) is 5.41 Å². The van der Waals surface area contributed by atoms with Crippen molar-refractivity contribution in [1.29, 1.82) is 0 Å². The highest BCUT2D eigenvalue weighted by atomic mass is 15.1. The van der Waals surface area contributed by atoms with Gasteiger partial charge in [0.05, 0.1) is 5.41 Å². The molecule has 10 aromatic rings. The van der Waals surface area contributed by atoms with E-state index >= 15 is 0 Å². The summed E-state index contributed by atoms with van der Waals surface area (Å²) in [6.07, 6.45) is 9.01. The van der Waals surface area contributed by atoms with E-state index < -0.39 is 5.41 Å². The predicted octanol–water partition coefficient (Wildman–Crippen LogP) is 17.6. The number of fused-ring (bicyclic) bond motifs is 4. The van der Waals surface area contributed by atoms with Gasteiger partial charge in [0.1, 0.15) is 0 Å². The zero-order valence-electron chi connectivity index (χ0n) is 38.0. The van der Waals surface area contributed by atoms with Gasteiger partial charge in [0.2, 0.25) is 0 Å². The summed E-state index contributed by atoms with van der Waals surface area (Å²) in [6, 6.07) is 88.9. The molecule has 0 fully saturated rings. The first kappa shape index (κ1) is 41.0. The van der Waals surface area contributed by atoms with Gasteiger partial charge in [-0.3, -0.25) is 0 Å². The normalized spacial score (nSPS) is 15.4. The molecule has 0 saturated heterocycles. The number of anilines is 5. The lowest BCUT2D eigenvalue weighted by atomic mass is 9.67. The first-order chi connectivity index (χ1) is 33.6. The maximum atomic E-state index is 3.82. The van der Waals surface area contributed by atoms with Crippen LogP contribution in [0.15, 0.2) is 267 Å². The number of hydrogen-bond donors (Lipinski definition) is 1. The molecule has 2 aliphatic carbocycles. The Kier molecular flexibility index (Phi) is 10.5. The van der Waals surface area contributed by atoms with Crippen molar-refractivity contribution in [2.75, 3.05) is 10.2 Å². The van der Waals surface area contributed by atoms with Gasteiger partial charge in [0.25, 0.3) is 0 Å². The number of benzene rings is 10. The van der Waals surface area contributed by atoms with E-state index in [0.29, 0.717) is 5.92 Å². The fraction of sp³-hybridized carbons (Fsp3) is 0.0606. The molecular weight excluding hydrogens is 821 g/mol. The van der Waals surface area contributed by atoms with E-state index in [4.69, 9.17) is 0 Å². The molecule has 2 unspecified atom stereocenters. The molecule has 2 atom stereocenters. The number of hydrogen-bond acceptors (Lipinski definition) is 2. The van der Waals surface area contributed by atoms with Crippen LogP contribution in [0.2, 0.25) is 0 Å². The molecule has 0 aromatic heterocycles. The Morgan fingerprint density at radius 3 is 1.57 bits per heavy atom. The maximum Gasteiger partial charge on any atom is 0.0714 e. The van der Waals surface area contributed by atoms with Crippen LogP contribution in [0.1, 0.15) is 40.7 Å².